The van der Waals surface area contributed by atoms with Crippen molar-refractivity contribution in [1.29, 1.82) is 0 Å². The lowest BCUT2D eigenvalue weighted by atomic mass is 9.35. The molecule has 10 rings (SSSR count). The first-order valence-corrected chi connectivity index (χ1v) is 25.1. The smallest absolute Gasteiger partial charge is 0.264 e. The molecule has 2 aliphatic heterocycles. The highest BCUT2D eigenvalue weighted by atomic mass is 32.1. The molecular weight excluding hydrogens is 818 g/mol. The number of hydrogen-bond donors (Lipinski definition) is 0. The summed E-state index contributed by atoms with van der Waals surface area (Å²) in [7, 11) is 0. The molecule has 0 unspecified atom stereocenters. The van der Waals surface area contributed by atoms with Crippen molar-refractivity contribution in [2.24, 2.45) is 0 Å². The standard InChI is InChI=1S/C61H68BN3S/c1-39-35-41(58(5,6)7)27-31-48(39)65-51-38-46(63(43-21-17-15-18-22-43)44-23-19-16-20-24-44)37-50-53(51)62(56-54(65)52-55(66-56)61(13,14)34-33-60(52,11)12)47-36-42(59(8,9)10)28-32-49(47)64(50)45-29-25-40(26-30-45)57(2,3)4/h15-32,35-38H,33-34H2,1-14H3. The number of fused-ring (bicyclic) bond motifs is 6. The number of anilines is 9. The van der Waals surface area contributed by atoms with Crippen LogP contribution in [0.25, 0.3) is 0 Å². The second kappa shape index (κ2) is 15.3. The fourth-order valence-corrected chi connectivity index (χ4v) is 12.7. The van der Waals surface area contributed by atoms with Crippen LogP contribution in [0.4, 0.5) is 51.2 Å². The first kappa shape index (κ1) is 44.3. The zero-order valence-corrected chi connectivity index (χ0v) is 42.8. The number of aryl methyl sites for hydroxylation is 1. The minimum atomic E-state index is -0.0266. The highest BCUT2D eigenvalue weighted by Gasteiger charge is 2.51. The van der Waals surface area contributed by atoms with Crippen molar-refractivity contribution in [3.8, 4) is 0 Å². The Morgan fingerprint density at radius 1 is 0.515 bits per heavy atom. The van der Waals surface area contributed by atoms with Gasteiger partial charge in [0, 0.05) is 49.5 Å². The second-order valence-corrected chi connectivity index (χ2v) is 24.9. The van der Waals surface area contributed by atoms with E-state index >= 15 is 0 Å². The van der Waals surface area contributed by atoms with E-state index in [1.807, 2.05) is 0 Å². The summed E-state index contributed by atoms with van der Waals surface area (Å²) in [5, 5.41) is 0. The summed E-state index contributed by atoms with van der Waals surface area (Å²) in [5.74, 6) is 0. The lowest BCUT2D eigenvalue weighted by molar-refractivity contribution is 0.339. The molecule has 336 valence electrons. The molecule has 0 N–H and O–H groups in total. The molecule has 3 heterocycles. The minimum Gasteiger partial charge on any atom is -0.311 e. The molecule has 0 saturated heterocycles. The van der Waals surface area contributed by atoms with E-state index in [0.29, 0.717) is 0 Å². The van der Waals surface area contributed by atoms with Crippen LogP contribution < -0.4 is 30.4 Å². The van der Waals surface area contributed by atoms with Crippen molar-refractivity contribution in [2.45, 2.75) is 137 Å². The van der Waals surface area contributed by atoms with Crippen LogP contribution in [0.2, 0.25) is 0 Å². The van der Waals surface area contributed by atoms with Gasteiger partial charge in [-0.1, -0.05) is 163 Å². The summed E-state index contributed by atoms with van der Waals surface area (Å²) in [6.07, 6.45) is 2.32. The van der Waals surface area contributed by atoms with Crippen LogP contribution in [0.15, 0.2) is 133 Å². The molecule has 0 spiro atoms. The van der Waals surface area contributed by atoms with E-state index in [1.165, 1.54) is 84.1 Å². The van der Waals surface area contributed by atoms with Gasteiger partial charge >= 0.3 is 0 Å². The van der Waals surface area contributed by atoms with E-state index in [-0.39, 0.29) is 33.8 Å². The fourth-order valence-electron chi connectivity index (χ4n) is 11.0. The maximum atomic E-state index is 2.74. The normalized spacial score (nSPS) is 16.1. The molecule has 0 fully saturated rings. The lowest BCUT2D eigenvalue weighted by Gasteiger charge is -2.46. The van der Waals surface area contributed by atoms with Gasteiger partial charge in [0.05, 0.1) is 11.4 Å². The van der Waals surface area contributed by atoms with E-state index in [4.69, 9.17) is 0 Å². The van der Waals surface area contributed by atoms with E-state index in [0.717, 1.165) is 23.5 Å². The second-order valence-electron chi connectivity index (χ2n) is 23.9. The van der Waals surface area contributed by atoms with Gasteiger partial charge < -0.3 is 14.7 Å². The Bertz CT molecular complexity index is 2950. The number of thiophene rings is 1. The molecule has 1 aliphatic carbocycles. The first-order valence-electron chi connectivity index (χ1n) is 24.3. The van der Waals surface area contributed by atoms with Gasteiger partial charge in [-0.15, -0.1) is 0 Å². The third-order valence-corrected chi connectivity index (χ3v) is 16.6. The number of benzene rings is 6. The summed E-state index contributed by atoms with van der Waals surface area (Å²) in [6, 6.07) is 51.1. The Morgan fingerprint density at radius 2 is 1.02 bits per heavy atom. The third kappa shape index (κ3) is 7.23. The number of rotatable bonds is 5. The Kier molecular flexibility index (Phi) is 10.2. The summed E-state index contributed by atoms with van der Waals surface area (Å²) >= 11 is 2.11. The van der Waals surface area contributed by atoms with Crippen LogP contribution >= 0.6 is 11.3 Å². The molecule has 5 heteroatoms. The van der Waals surface area contributed by atoms with Gasteiger partial charge in [-0.25, -0.2) is 0 Å². The molecule has 7 aromatic rings. The predicted octanol–water partition coefficient (Wildman–Crippen LogP) is 15.9. The predicted molar refractivity (Wildman–Crippen MR) is 289 cm³/mol. The average molecular weight is 886 g/mol. The quantitative estimate of drug-likeness (QED) is 0.159. The van der Waals surface area contributed by atoms with Crippen molar-refractivity contribution >= 4 is 84.9 Å². The van der Waals surface area contributed by atoms with Gasteiger partial charge in [0.15, 0.2) is 0 Å². The molecule has 1 aromatic heterocycles. The summed E-state index contributed by atoms with van der Waals surface area (Å²) in [5.41, 5.74) is 20.7. The molecule has 3 nitrogen and oxygen atoms in total. The van der Waals surface area contributed by atoms with Crippen LogP contribution in [-0.2, 0) is 27.1 Å². The van der Waals surface area contributed by atoms with Crippen molar-refractivity contribution < 1.29 is 0 Å². The summed E-state index contributed by atoms with van der Waals surface area (Å²) < 4.78 is 1.47. The molecule has 0 amide bonds. The molecule has 0 atom stereocenters. The van der Waals surface area contributed by atoms with Crippen molar-refractivity contribution in [3.05, 3.63) is 166 Å². The van der Waals surface area contributed by atoms with Crippen molar-refractivity contribution in [1.82, 2.24) is 0 Å². The molecule has 0 bridgehead atoms. The molecule has 0 saturated carbocycles. The van der Waals surface area contributed by atoms with Gasteiger partial charge in [-0.05, 0) is 146 Å². The van der Waals surface area contributed by atoms with Crippen LogP contribution in [-0.4, -0.2) is 6.71 Å². The Morgan fingerprint density at radius 3 is 1.56 bits per heavy atom. The lowest BCUT2D eigenvalue weighted by Crippen LogP contribution is -2.61. The van der Waals surface area contributed by atoms with Gasteiger partial charge in [0.2, 0.25) is 0 Å². The zero-order chi connectivity index (χ0) is 46.9. The SMILES string of the molecule is Cc1cc(C(C)(C)C)ccc1N1c2cc(N(c3ccccc3)c3ccccc3)cc3c2B(c2cc(C(C)(C)C)ccc2N3c2ccc(C(C)(C)C)cc2)c2sc3c(c21)C(C)(C)CCC3(C)C. The maximum absolute atomic E-state index is 2.74. The van der Waals surface area contributed by atoms with E-state index in [9.17, 15) is 0 Å². The zero-order valence-electron chi connectivity index (χ0n) is 41.9. The van der Waals surface area contributed by atoms with Gasteiger partial charge in [0.1, 0.15) is 0 Å². The average Bonchev–Trinajstić information content (AvgIpc) is 3.68. The largest absolute Gasteiger partial charge is 0.311 e. The van der Waals surface area contributed by atoms with Gasteiger partial charge in [-0.3, -0.25) is 0 Å². The summed E-state index contributed by atoms with van der Waals surface area (Å²) in [6.45, 7) is 33.4. The monoisotopic (exact) mass is 886 g/mol. The molecular formula is C61H68BN3S. The van der Waals surface area contributed by atoms with E-state index in [1.54, 1.807) is 4.88 Å². The maximum Gasteiger partial charge on any atom is 0.264 e. The minimum absolute atomic E-state index is 0.0178. The highest BCUT2D eigenvalue weighted by molar-refractivity contribution is 7.29. The van der Waals surface area contributed by atoms with E-state index < -0.39 is 0 Å². The number of hydrogen-bond acceptors (Lipinski definition) is 4. The molecule has 0 radical (unpaired) electrons. The van der Waals surface area contributed by atoms with Crippen molar-refractivity contribution in [3.63, 3.8) is 0 Å². The third-order valence-electron chi connectivity index (χ3n) is 15.0. The van der Waals surface area contributed by atoms with Crippen LogP contribution in [0.1, 0.15) is 136 Å². The van der Waals surface area contributed by atoms with Gasteiger partial charge in [0.25, 0.3) is 6.71 Å². The van der Waals surface area contributed by atoms with Crippen LogP contribution in [0.3, 0.4) is 0 Å². The van der Waals surface area contributed by atoms with Gasteiger partial charge in [-0.2, -0.15) is 11.3 Å². The molecule has 66 heavy (non-hydrogen) atoms. The Labute approximate surface area is 400 Å². The van der Waals surface area contributed by atoms with Crippen LogP contribution in [0.5, 0.6) is 0 Å². The van der Waals surface area contributed by atoms with Crippen molar-refractivity contribution in [2.75, 3.05) is 14.7 Å². The Hall–Kier alpha value is -5.52. The molecule has 3 aliphatic rings. The number of para-hydroxylation sites is 2. The van der Waals surface area contributed by atoms with E-state index in [2.05, 4.69) is 256 Å². The molecule has 6 aromatic carbocycles. The highest BCUT2D eigenvalue weighted by Crippen LogP contribution is 2.57. The summed E-state index contributed by atoms with van der Waals surface area (Å²) in [4.78, 5) is 9.35. The van der Waals surface area contributed by atoms with Crippen LogP contribution in [0, 0.1) is 6.92 Å². The fraction of sp³-hybridized carbons (Fsp3) is 0.344. The topological polar surface area (TPSA) is 9.72 Å². The Balaban J connectivity index is 1.38. The number of nitrogens with zero attached hydrogens (tertiary/aromatic N) is 3. The first-order chi connectivity index (χ1) is 31.0.